The Balaban J connectivity index is 0.00000136. The van der Waals surface area contributed by atoms with Crippen molar-refractivity contribution in [2.45, 2.75) is 47.1 Å². The van der Waals surface area contributed by atoms with E-state index in [9.17, 15) is 4.79 Å². The van der Waals surface area contributed by atoms with Gasteiger partial charge < -0.3 is 14.8 Å². The highest BCUT2D eigenvalue weighted by Crippen LogP contribution is 2.31. The molecule has 0 atom stereocenters. The molecule has 0 aliphatic heterocycles. The van der Waals surface area contributed by atoms with Gasteiger partial charge in [0.05, 0.1) is 5.52 Å². The van der Waals surface area contributed by atoms with E-state index >= 15 is 0 Å². The number of hydrogen-bond acceptors (Lipinski definition) is 4. The first kappa shape index (κ1) is 21.4. The average molecular weight is 382 g/mol. The summed E-state index contributed by atoms with van der Waals surface area (Å²) in [6.45, 7) is 10.7. The van der Waals surface area contributed by atoms with Crippen LogP contribution in [0.15, 0.2) is 36.9 Å². The molecule has 3 aromatic heterocycles. The van der Waals surface area contributed by atoms with E-state index in [1.807, 2.05) is 56.1 Å². The maximum Gasteiger partial charge on any atom is 0.241 e. The van der Waals surface area contributed by atoms with Crippen molar-refractivity contribution in [3.8, 4) is 0 Å². The predicted molar refractivity (Wildman–Crippen MR) is 116 cm³/mol. The van der Waals surface area contributed by atoms with Crippen molar-refractivity contribution in [3.05, 3.63) is 48.0 Å². The van der Waals surface area contributed by atoms with E-state index < -0.39 is 0 Å². The molecule has 0 aromatic carbocycles. The van der Waals surface area contributed by atoms with Gasteiger partial charge in [0.15, 0.2) is 0 Å². The Labute approximate surface area is 167 Å². The fourth-order valence-electron chi connectivity index (χ4n) is 2.96. The van der Waals surface area contributed by atoms with E-state index in [0.29, 0.717) is 12.5 Å². The first-order valence-electron chi connectivity index (χ1n) is 9.74. The lowest BCUT2D eigenvalue weighted by molar-refractivity contribution is -0.129. The molecule has 0 bridgehead atoms. The Morgan fingerprint density at radius 3 is 2.57 bits per heavy atom. The fraction of sp³-hybridized carbons (Fsp3) is 0.409. The number of amides is 1. The lowest BCUT2D eigenvalue weighted by atomic mass is 10.0. The molecule has 3 aromatic rings. The molecule has 0 spiro atoms. The topological polar surface area (TPSA) is 63.1 Å². The Bertz CT molecular complexity index is 943. The van der Waals surface area contributed by atoms with Gasteiger partial charge in [0.2, 0.25) is 5.91 Å². The number of carbonyl (C=O) groups is 1. The molecule has 150 valence electrons. The second-order valence-electron chi connectivity index (χ2n) is 7.02. The number of pyridine rings is 2. The van der Waals surface area contributed by atoms with Crippen molar-refractivity contribution in [3.63, 3.8) is 0 Å². The van der Waals surface area contributed by atoms with E-state index in [4.69, 9.17) is 0 Å². The van der Waals surface area contributed by atoms with Crippen LogP contribution in [0.4, 0.5) is 11.5 Å². The number of carbonyl (C=O) groups excluding carboxylic acids is 1. The van der Waals surface area contributed by atoms with Gasteiger partial charge in [-0.05, 0) is 36.1 Å². The standard InChI is InChI=1S/C20H25N5O.C2H6/c1-13(2)16-11-21-10-14(3)19(16)23-20-15-7-9-25(12-18(26)24(4)5)17(15)6-8-22-20;1-2/h6-11,13H,12H2,1-5H3,(H,21,22,23);1-2H3. The number of nitrogens with one attached hydrogen (secondary N) is 1. The largest absolute Gasteiger partial charge is 0.347 e. The van der Waals surface area contributed by atoms with Crippen LogP contribution in [0.5, 0.6) is 0 Å². The summed E-state index contributed by atoms with van der Waals surface area (Å²) in [5.41, 5.74) is 4.27. The average Bonchev–Trinajstić information content (AvgIpc) is 3.08. The number of hydrogen-bond donors (Lipinski definition) is 1. The predicted octanol–water partition coefficient (Wildman–Crippen LogP) is 4.72. The Morgan fingerprint density at radius 1 is 1.21 bits per heavy atom. The third-order valence-corrected chi connectivity index (χ3v) is 4.53. The summed E-state index contributed by atoms with van der Waals surface area (Å²) in [7, 11) is 3.53. The summed E-state index contributed by atoms with van der Waals surface area (Å²) >= 11 is 0. The molecule has 0 radical (unpaired) electrons. The molecule has 1 amide bonds. The van der Waals surface area contributed by atoms with Gasteiger partial charge in [-0.2, -0.15) is 0 Å². The number of rotatable bonds is 5. The van der Waals surface area contributed by atoms with Crippen LogP contribution >= 0.6 is 0 Å². The monoisotopic (exact) mass is 381 g/mol. The maximum atomic E-state index is 12.1. The van der Waals surface area contributed by atoms with E-state index in [-0.39, 0.29) is 5.91 Å². The Kier molecular flexibility index (Phi) is 7.15. The number of nitrogens with zero attached hydrogens (tertiary/aromatic N) is 4. The van der Waals surface area contributed by atoms with Gasteiger partial charge in [0.25, 0.3) is 0 Å². The molecule has 1 N–H and O–H groups in total. The fourth-order valence-corrected chi connectivity index (χ4v) is 2.96. The van der Waals surface area contributed by atoms with E-state index in [0.717, 1.165) is 33.5 Å². The molecule has 0 aliphatic rings. The quantitative estimate of drug-likeness (QED) is 0.694. The molecule has 6 heteroatoms. The molecule has 0 saturated heterocycles. The van der Waals surface area contributed by atoms with E-state index in [2.05, 4.69) is 29.1 Å². The highest BCUT2D eigenvalue weighted by Gasteiger charge is 2.14. The molecule has 6 nitrogen and oxygen atoms in total. The third-order valence-electron chi connectivity index (χ3n) is 4.53. The highest BCUT2D eigenvalue weighted by atomic mass is 16.2. The Hall–Kier alpha value is -2.89. The molecule has 3 rings (SSSR count). The minimum atomic E-state index is 0.0564. The number of fused-ring (bicyclic) bond motifs is 1. The molecule has 3 heterocycles. The number of likely N-dealkylation sites (N-methyl/N-ethyl adjacent to an activating group) is 1. The summed E-state index contributed by atoms with van der Waals surface area (Å²) in [6, 6.07) is 3.94. The molecule has 0 unspecified atom stereocenters. The van der Waals surface area contributed by atoms with Gasteiger partial charge in [-0.25, -0.2) is 4.98 Å². The lowest BCUT2D eigenvalue weighted by Gasteiger charge is -2.17. The van der Waals surface area contributed by atoms with Crippen molar-refractivity contribution >= 4 is 28.3 Å². The van der Waals surface area contributed by atoms with Crippen molar-refractivity contribution in [1.29, 1.82) is 0 Å². The van der Waals surface area contributed by atoms with Gasteiger partial charge >= 0.3 is 0 Å². The van der Waals surface area contributed by atoms with Crippen molar-refractivity contribution < 1.29 is 4.79 Å². The van der Waals surface area contributed by atoms with E-state index in [1.165, 1.54) is 0 Å². The lowest BCUT2D eigenvalue weighted by Crippen LogP contribution is -2.25. The summed E-state index contributed by atoms with van der Waals surface area (Å²) < 4.78 is 1.95. The number of aromatic nitrogens is 3. The molecule has 28 heavy (non-hydrogen) atoms. The van der Waals surface area contributed by atoms with Crippen LogP contribution < -0.4 is 5.32 Å². The first-order valence-corrected chi connectivity index (χ1v) is 9.74. The smallest absolute Gasteiger partial charge is 0.241 e. The van der Waals surface area contributed by atoms with Gasteiger partial charge in [-0.1, -0.05) is 27.7 Å². The summed E-state index contributed by atoms with van der Waals surface area (Å²) in [6.07, 6.45) is 7.46. The van der Waals surface area contributed by atoms with Gasteiger partial charge in [-0.3, -0.25) is 9.78 Å². The normalized spacial score (nSPS) is 10.6. The first-order chi connectivity index (χ1) is 13.4. The zero-order valence-electron chi connectivity index (χ0n) is 17.9. The van der Waals surface area contributed by atoms with Crippen LogP contribution in [0.3, 0.4) is 0 Å². The zero-order chi connectivity index (χ0) is 20.8. The van der Waals surface area contributed by atoms with Crippen molar-refractivity contribution in [2.75, 3.05) is 19.4 Å². The van der Waals surface area contributed by atoms with Crippen LogP contribution in [0.2, 0.25) is 0 Å². The molecular weight excluding hydrogens is 350 g/mol. The number of aryl methyl sites for hydroxylation is 1. The zero-order valence-corrected chi connectivity index (χ0v) is 17.9. The van der Waals surface area contributed by atoms with Crippen LogP contribution in [-0.2, 0) is 11.3 Å². The van der Waals surface area contributed by atoms with Gasteiger partial charge in [0, 0.05) is 50.0 Å². The van der Waals surface area contributed by atoms with Crippen LogP contribution in [0, 0.1) is 6.92 Å². The molecule has 0 fully saturated rings. The molecular formula is C22H31N5O. The Morgan fingerprint density at radius 2 is 1.93 bits per heavy atom. The van der Waals surface area contributed by atoms with Crippen molar-refractivity contribution in [2.24, 2.45) is 0 Å². The molecule has 0 saturated carbocycles. The number of anilines is 2. The summed E-state index contributed by atoms with van der Waals surface area (Å²) in [5.74, 6) is 1.20. The minimum absolute atomic E-state index is 0.0564. The van der Waals surface area contributed by atoms with Gasteiger partial charge in [0.1, 0.15) is 12.4 Å². The third kappa shape index (κ3) is 4.50. The van der Waals surface area contributed by atoms with Crippen LogP contribution in [-0.4, -0.2) is 39.4 Å². The van der Waals surface area contributed by atoms with Gasteiger partial charge in [-0.15, -0.1) is 0 Å². The van der Waals surface area contributed by atoms with E-state index in [1.54, 1.807) is 25.2 Å². The summed E-state index contributed by atoms with van der Waals surface area (Å²) in [5, 5.41) is 4.49. The minimum Gasteiger partial charge on any atom is -0.347 e. The maximum absolute atomic E-state index is 12.1. The second-order valence-corrected chi connectivity index (χ2v) is 7.02. The summed E-state index contributed by atoms with van der Waals surface area (Å²) in [4.78, 5) is 22.5. The molecule has 0 aliphatic carbocycles. The SMILES string of the molecule is CC.Cc1cncc(C(C)C)c1Nc1nccc2c1ccn2CC(=O)N(C)C. The highest BCUT2D eigenvalue weighted by molar-refractivity contribution is 5.93. The van der Waals surface area contributed by atoms with Crippen LogP contribution in [0.1, 0.15) is 44.7 Å². The van der Waals surface area contributed by atoms with Crippen molar-refractivity contribution in [1.82, 2.24) is 19.4 Å². The second kappa shape index (κ2) is 9.35. The van der Waals surface area contributed by atoms with Crippen LogP contribution in [0.25, 0.3) is 10.9 Å².